The summed E-state index contributed by atoms with van der Waals surface area (Å²) in [5.41, 5.74) is 0.668. The molecule has 0 spiro atoms. The Bertz CT molecular complexity index is 1110. The number of hydrogen-bond donors (Lipinski definition) is 1. The molecule has 0 aliphatic rings. The average molecular weight is 409 g/mol. The Morgan fingerprint density at radius 3 is 2.82 bits per heavy atom. The van der Waals surface area contributed by atoms with Crippen molar-refractivity contribution < 1.29 is 4.92 Å². The summed E-state index contributed by atoms with van der Waals surface area (Å²) in [5, 5.41) is 18.1. The minimum absolute atomic E-state index is 0.119. The molecule has 0 fully saturated rings. The standard InChI is InChI=1S/C19H15N5O2S2/c25-24(26)17-18(21-10-8-14-6-3-11-27-14)22-12-23-19(17)28-15-7-1-4-13-5-2-9-20-16(13)15/h1-7,9,11-12H,8,10H2,(H,21,22,23). The van der Waals surface area contributed by atoms with Gasteiger partial charge in [0.2, 0.25) is 5.82 Å². The number of nitrogens with one attached hydrogen (secondary N) is 1. The van der Waals surface area contributed by atoms with Crippen molar-refractivity contribution in [2.24, 2.45) is 0 Å². The first kappa shape index (κ1) is 18.3. The molecule has 3 aromatic heterocycles. The van der Waals surface area contributed by atoms with Gasteiger partial charge in [-0.3, -0.25) is 15.1 Å². The Balaban J connectivity index is 1.62. The molecule has 0 unspecified atom stereocenters. The van der Waals surface area contributed by atoms with Gasteiger partial charge >= 0.3 is 5.69 Å². The van der Waals surface area contributed by atoms with Crippen LogP contribution in [-0.2, 0) is 6.42 Å². The van der Waals surface area contributed by atoms with Crippen LogP contribution in [0.15, 0.2) is 70.3 Å². The number of nitrogens with zero attached hydrogens (tertiary/aromatic N) is 4. The van der Waals surface area contributed by atoms with E-state index in [-0.39, 0.29) is 16.5 Å². The summed E-state index contributed by atoms with van der Waals surface area (Å²) in [6.07, 6.45) is 3.83. The van der Waals surface area contributed by atoms with Crippen molar-refractivity contribution in [3.63, 3.8) is 0 Å². The maximum Gasteiger partial charge on any atom is 0.343 e. The Morgan fingerprint density at radius 1 is 1.11 bits per heavy atom. The van der Waals surface area contributed by atoms with Crippen molar-refractivity contribution in [3.8, 4) is 0 Å². The first-order valence-electron chi connectivity index (χ1n) is 8.49. The molecule has 0 saturated carbocycles. The van der Waals surface area contributed by atoms with E-state index >= 15 is 0 Å². The fourth-order valence-corrected chi connectivity index (χ4v) is 4.45. The second-order valence-electron chi connectivity index (χ2n) is 5.82. The van der Waals surface area contributed by atoms with Crippen LogP contribution in [0.25, 0.3) is 10.9 Å². The number of aromatic nitrogens is 3. The van der Waals surface area contributed by atoms with E-state index in [0.29, 0.717) is 6.54 Å². The fourth-order valence-electron chi connectivity index (χ4n) is 2.75. The number of para-hydroxylation sites is 1. The molecular weight excluding hydrogens is 394 g/mol. The zero-order chi connectivity index (χ0) is 19.3. The lowest BCUT2D eigenvalue weighted by atomic mass is 10.2. The predicted octanol–water partition coefficient (Wildman–Crippen LogP) is 4.80. The van der Waals surface area contributed by atoms with E-state index in [1.165, 1.54) is 23.0 Å². The summed E-state index contributed by atoms with van der Waals surface area (Å²) in [6, 6.07) is 13.6. The lowest BCUT2D eigenvalue weighted by molar-refractivity contribution is -0.387. The normalized spacial score (nSPS) is 10.9. The number of rotatable bonds is 7. The molecule has 1 N–H and O–H groups in total. The van der Waals surface area contributed by atoms with Gasteiger partial charge in [-0.05, 0) is 30.0 Å². The van der Waals surface area contributed by atoms with E-state index < -0.39 is 4.92 Å². The largest absolute Gasteiger partial charge is 0.364 e. The summed E-state index contributed by atoms with van der Waals surface area (Å²) < 4.78 is 0. The highest BCUT2D eigenvalue weighted by molar-refractivity contribution is 7.99. The van der Waals surface area contributed by atoms with Crippen LogP contribution >= 0.6 is 23.1 Å². The van der Waals surface area contributed by atoms with Crippen LogP contribution in [0.2, 0.25) is 0 Å². The molecule has 0 amide bonds. The van der Waals surface area contributed by atoms with Gasteiger partial charge in [0.25, 0.3) is 0 Å². The third kappa shape index (κ3) is 3.95. The van der Waals surface area contributed by atoms with Gasteiger partial charge in [-0.15, -0.1) is 11.3 Å². The van der Waals surface area contributed by atoms with Crippen molar-refractivity contribution in [1.29, 1.82) is 0 Å². The summed E-state index contributed by atoms with van der Waals surface area (Å²) in [7, 11) is 0. The Morgan fingerprint density at radius 2 is 2.00 bits per heavy atom. The van der Waals surface area contributed by atoms with E-state index in [2.05, 4.69) is 20.3 Å². The molecule has 0 radical (unpaired) electrons. The van der Waals surface area contributed by atoms with Gasteiger partial charge in [-0.1, -0.05) is 36.0 Å². The molecule has 140 valence electrons. The number of hydrogen-bond acceptors (Lipinski definition) is 8. The van der Waals surface area contributed by atoms with Gasteiger partial charge in [0.1, 0.15) is 6.33 Å². The molecule has 1 aromatic carbocycles. The van der Waals surface area contributed by atoms with Gasteiger partial charge in [0.05, 0.1) is 10.4 Å². The molecule has 28 heavy (non-hydrogen) atoms. The summed E-state index contributed by atoms with van der Waals surface area (Å²) in [5.74, 6) is 0.229. The van der Waals surface area contributed by atoms with E-state index in [0.717, 1.165) is 22.2 Å². The van der Waals surface area contributed by atoms with Crippen LogP contribution < -0.4 is 5.32 Å². The molecule has 0 saturated heterocycles. The van der Waals surface area contributed by atoms with E-state index in [4.69, 9.17) is 0 Å². The summed E-state index contributed by atoms with van der Waals surface area (Å²) >= 11 is 2.88. The van der Waals surface area contributed by atoms with Gasteiger partial charge < -0.3 is 5.32 Å². The predicted molar refractivity (Wildman–Crippen MR) is 111 cm³/mol. The van der Waals surface area contributed by atoms with Crippen molar-refractivity contribution in [3.05, 3.63) is 75.4 Å². The van der Waals surface area contributed by atoms with E-state index in [1.54, 1.807) is 17.5 Å². The molecule has 0 aliphatic heterocycles. The molecule has 4 rings (SSSR count). The highest BCUT2D eigenvalue weighted by Crippen LogP contribution is 2.38. The minimum Gasteiger partial charge on any atom is -0.364 e. The average Bonchev–Trinajstić information content (AvgIpc) is 3.22. The maximum atomic E-state index is 11.7. The van der Waals surface area contributed by atoms with Crippen LogP contribution in [-0.4, -0.2) is 26.4 Å². The molecule has 0 aliphatic carbocycles. The van der Waals surface area contributed by atoms with Crippen molar-refractivity contribution in [2.45, 2.75) is 16.3 Å². The molecule has 3 heterocycles. The number of thiophene rings is 1. The number of benzene rings is 1. The minimum atomic E-state index is -0.436. The van der Waals surface area contributed by atoms with Crippen LogP contribution in [0, 0.1) is 10.1 Å². The molecule has 9 heteroatoms. The van der Waals surface area contributed by atoms with Gasteiger partial charge in [-0.2, -0.15) is 0 Å². The monoisotopic (exact) mass is 409 g/mol. The summed E-state index contributed by atoms with van der Waals surface area (Å²) in [6.45, 7) is 0.554. The second kappa shape index (κ2) is 8.32. The van der Waals surface area contributed by atoms with Crippen LogP contribution in [0.3, 0.4) is 0 Å². The molecule has 0 atom stereocenters. The van der Waals surface area contributed by atoms with Gasteiger partial charge in [0, 0.05) is 27.9 Å². The number of anilines is 1. The van der Waals surface area contributed by atoms with Crippen molar-refractivity contribution in [2.75, 3.05) is 11.9 Å². The van der Waals surface area contributed by atoms with E-state index in [9.17, 15) is 10.1 Å². The molecule has 0 bridgehead atoms. The lowest BCUT2D eigenvalue weighted by Gasteiger charge is -2.09. The highest BCUT2D eigenvalue weighted by atomic mass is 32.2. The van der Waals surface area contributed by atoms with Crippen LogP contribution in [0.5, 0.6) is 0 Å². The fraction of sp³-hybridized carbons (Fsp3) is 0.105. The molecular formula is C19H15N5O2S2. The van der Waals surface area contributed by atoms with Crippen LogP contribution in [0.1, 0.15) is 4.88 Å². The van der Waals surface area contributed by atoms with Crippen molar-refractivity contribution in [1.82, 2.24) is 15.0 Å². The third-order valence-corrected chi connectivity index (χ3v) is 6.00. The zero-order valence-electron chi connectivity index (χ0n) is 14.6. The topological polar surface area (TPSA) is 93.8 Å². The highest BCUT2D eigenvalue weighted by Gasteiger charge is 2.24. The first-order chi connectivity index (χ1) is 13.7. The first-order valence-corrected chi connectivity index (χ1v) is 10.2. The molecule has 7 nitrogen and oxygen atoms in total. The summed E-state index contributed by atoms with van der Waals surface area (Å²) in [4.78, 5) is 26.0. The maximum absolute atomic E-state index is 11.7. The number of nitro groups is 1. The zero-order valence-corrected chi connectivity index (χ0v) is 16.2. The lowest BCUT2D eigenvalue weighted by Crippen LogP contribution is -2.09. The van der Waals surface area contributed by atoms with Gasteiger partial charge in [-0.25, -0.2) is 9.97 Å². The second-order valence-corrected chi connectivity index (χ2v) is 7.89. The van der Waals surface area contributed by atoms with Crippen molar-refractivity contribution >= 4 is 45.5 Å². The molecule has 4 aromatic rings. The Labute approximate surface area is 169 Å². The third-order valence-electron chi connectivity index (χ3n) is 4.02. The Kier molecular flexibility index (Phi) is 5.45. The van der Waals surface area contributed by atoms with E-state index in [1.807, 2.05) is 47.8 Å². The SMILES string of the molecule is O=[N+]([O-])c1c(NCCc2cccs2)ncnc1Sc1cccc2cccnc12. The quantitative estimate of drug-likeness (QED) is 0.266. The number of fused-ring (bicyclic) bond motifs is 1. The smallest absolute Gasteiger partial charge is 0.343 e. The van der Waals surface area contributed by atoms with Crippen LogP contribution in [0.4, 0.5) is 11.5 Å². The Hall–Kier alpha value is -3.04. The number of pyridine rings is 1. The van der Waals surface area contributed by atoms with Gasteiger partial charge in [0.15, 0.2) is 5.03 Å².